The number of rotatable bonds is 2. The lowest BCUT2D eigenvalue weighted by atomic mass is 9.89. The highest BCUT2D eigenvalue weighted by molar-refractivity contribution is 4.97. The molecule has 0 aromatic heterocycles. The summed E-state index contributed by atoms with van der Waals surface area (Å²) in [5.41, 5.74) is 0. The minimum Gasteiger partial charge on any atom is -0.292 e. The van der Waals surface area contributed by atoms with Crippen molar-refractivity contribution in [2.75, 3.05) is 39.3 Å². The van der Waals surface area contributed by atoms with Gasteiger partial charge in [0, 0.05) is 19.6 Å². The maximum atomic E-state index is 5.34. The molecular formula is C13H18N2. The fourth-order valence-electron chi connectivity index (χ4n) is 2.87. The topological polar surface area (TPSA) is 6.48 Å². The summed E-state index contributed by atoms with van der Waals surface area (Å²) in [6.07, 6.45) is 12.0. The van der Waals surface area contributed by atoms with Gasteiger partial charge in [0.05, 0.1) is 13.1 Å². The highest BCUT2D eigenvalue weighted by Gasteiger charge is 2.36. The summed E-state index contributed by atoms with van der Waals surface area (Å²) in [6, 6.07) is 0. The van der Waals surface area contributed by atoms with Crippen molar-refractivity contribution in [1.82, 2.24) is 9.80 Å². The lowest BCUT2D eigenvalue weighted by Gasteiger charge is -2.33. The van der Waals surface area contributed by atoms with Crippen molar-refractivity contribution in [2.45, 2.75) is 6.42 Å². The zero-order valence-corrected chi connectivity index (χ0v) is 9.15. The van der Waals surface area contributed by atoms with E-state index in [-0.39, 0.29) is 0 Å². The van der Waals surface area contributed by atoms with Crippen LogP contribution in [-0.2, 0) is 0 Å². The van der Waals surface area contributed by atoms with Gasteiger partial charge in [-0.1, -0.05) is 11.8 Å². The minimum atomic E-state index is 0.792. The van der Waals surface area contributed by atoms with E-state index in [0.29, 0.717) is 0 Å². The number of terminal acetylenes is 2. The Labute approximate surface area is 92.6 Å². The Morgan fingerprint density at radius 3 is 2.27 bits per heavy atom. The summed E-state index contributed by atoms with van der Waals surface area (Å²) in [4.78, 5) is 4.79. The van der Waals surface area contributed by atoms with Gasteiger partial charge in [-0.15, -0.1) is 12.8 Å². The Balaban J connectivity index is 1.88. The van der Waals surface area contributed by atoms with Crippen LogP contribution in [-0.4, -0.2) is 49.1 Å². The van der Waals surface area contributed by atoms with Crippen molar-refractivity contribution in [1.29, 1.82) is 0 Å². The first-order chi connectivity index (χ1) is 7.33. The van der Waals surface area contributed by atoms with Crippen LogP contribution in [0, 0.1) is 36.5 Å². The third-order valence-electron chi connectivity index (χ3n) is 3.59. The van der Waals surface area contributed by atoms with Crippen molar-refractivity contribution in [3.8, 4) is 24.7 Å². The van der Waals surface area contributed by atoms with Crippen LogP contribution >= 0.6 is 0 Å². The van der Waals surface area contributed by atoms with Crippen LogP contribution < -0.4 is 0 Å². The highest BCUT2D eigenvalue weighted by Crippen LogP contribution is 2.30. The van der Waals surface area contributed by atoms with Crippen LogP contribution in [0.15, 0.2) is 0 Å². The normalized spacial score (nSPS) is 31.9. The number of piperidine rings is 1. The molecule has 2 saturated heterocycles. The van der Waals surface area contributed by atoms with Crippen molar-refractivity contribution in [3.05, 3.63) is 0 Å². The van der Waals surface area contributed by atoms with Crippen LogP contribution in [0.25, 0.3) is 0 Å². The zero-order valence-electron chi connectivity index (χ0n) is 9.15. The predicted octanol–water partition coefficient (Wildman–Crippen LogP) is 0.506. The van der Waals surface area contributed by atoms with Gasteiger partial charge in [-0.05, 0) is 24.8 Å². The Hall–Kier alpha value is -0.960. The Kier molecular flexibility index (Phi) is 3.31. The van der Waals surface area contributed by atoms with E-state index < -0.39 is 0 Å². The molecule has 0 unspecified atom stereocenters. The third-order valence-corrected chi connectivity index (χ3v) is 3.59. The predicted molar refractivity (Wildman–Crippen MR) is 62.1 cm³/mol. The fourth-order valence-corrected chi connectivity index (χ4v) is 2.87. The molecule has 0 N–H and O–H groups in total. The molecule has 80 valence electrons. The number of likely N-dealkylation sites (tertiary alicyclic amines) is 2. The Morgan fingerprint density at radius 2 is 1.53 bits per heavy atom. The lowest BCUT2D eigenvalue weighted by molar-refractivity contribution is 0.164. The second-order valence-electron chi connectivity index (χ2n) is 4.65. The van der Waals surface area contributed by atoms with Gasteiger partial charge in [0.15, 0.2) is 0 Å². The molecule has 2 fully saturated rings. The molecule has 15 heavy (non-hydrogen) atoms. The molecule has 0 aromatic carbocycles. The van der Waals surface area contributed by atoms with Crippen LogP contribution in [0.4, 0.5) is 0 Å². The number of hydrogen-bond donors (Lipinski definition) is 0. The molecule has 0 aromatic rings. The second-order valence-corrected chi connectivity index (χ2v) is 4.65. The third kappa shape index (κ3) is 2.34. The molecule has 2 rings (SSSR count). The maximum Gasteiger partial charge on any atom is 0.0599 e. The fraction of sp³-hybridized carbons (Fsp3) is 0.692. The first-order valence-electron chi connectivity index (χ1n) is 5.65. The number of hydrogen-bond acceptors (Lipinski definition) is 2. The van der Waals surface area contributed by atoms with Crippen molar-refractivity contribution in [2.24, 2.45) is 11.8 Å². The van der Waals surface area contributed by atoms with E-state index >= 15 is 0 Å². The molecule has 0 aliphatic carbocycles. The summed E-state index contributed by atoms with van der Waals surface area (Å²) in [5.74, 6) is 7.12. The average molecular weight is 202 g/mol. The van der Waals surface area contributed by atoms with Crippen molar-refractivity contribution < 1.29 is 0 Å². The standard InChI is InChI=1S/C13H18N2/c1-3-6-14-8-5-12-9-15(7-4-2)11-13(12)10-14/h1-2,12-13H,5-11H2/t12-,13+/m1/s1. The minimum absolute atomic E-state index is 0.792. The van der Waals surface area contributed by atoms with Crippen LogP contribution in [0.5, 0.6) is 0 Å². The summed E-state index contributed by atoms with van der Waals surface area (Å²) in [6.45, 7) is 6.29. The summed E-state index contributed by atoms with van der Waals surface area (Å²) in [5, 5.41) is 0. The molecule has 2 heteroatoms. The zero-order chi connectivity index (χ0) is 10.7. The van der Waals surface area contributed by atoms with Crippen molar-refractivity contribution >= 4 is 0 Å². The molecule has 2 atom stereocenters. The van der Waals surface area contributed by atoms with Gasteiger partial charge in [-0.25, -0.2) is 0 Å². The van der Waals surface area contributed by atoms with Gasteiger partial charge in [0.2, 0.25) is 0 Å². The van der Waals surface area contributed by atoms with Gasteiger partial charge >= 0.3 is 0 Å². The van der Waals surface area contributed by atoms with Crippen molar-refractivity contribution in [3.63, 3.8) is 0 Å². The van der Waals surface area contributed by atoms with E-state index in [9.17, 15) is 0 Å². The van der Waals surface area contributed by atoms with Gasteiger partial charge in [0.1, 0.15) is 0 Å². The SMILES string of the molecule is C#CCN1CC[C@@H]2CN(CC#C)C[C@@H]2C1. The second kappa shape index (κ2) is 4.71. The molecular weight excluding hydrogens is 184 g/mol. The van der Waals surface area contributed by atoms with E-state index in [2.05, 4.69) is 21.6 Å². The monoisotopic (exact) mass is 202 g/mol. The van der Waals surface area contributed by atoms with E-state index in [1.54, 1.807) is 0 Å². The van der Waals surface area contributed by atoms with E-state index in [0.717, 1.165) is 44.6 Å². The smallest absolute Gasteiger partial charge is 0.0599 e. The first kappa shape index (κ1) is 10.6. The van der Waals surface area contributed by atoms with Gasteiger partial charge in [-0.3, -0.25) is 9.80 Å². The molecule has 0 radical (unpaired) electrons. The molecule has 0 bridgehead atoms. The van der Waals surface area contributed by atoms with E-state index in [1.165, 1.54) is 13.0 Å². The first-order valence-corrected chi connectivity index (χ1v) is 5.65. The summed E-state index contributed by atoms with van der Waals surface area (Å²) < 4.78 is 0. The largest absolute Gasteiger partial charge is 0.292 e. The molecule has 0 spiro atoms. The summed E-state index contributed by atoms with van der Waals surface area (Å²) >= 11 is 0. The quantitative estimate of drug-likeness (QED) is 0.602. The average Bonchev–Trinajstić information content (AvgIpc) is 2.60. The Bertz CT molecular complexity index is 283. The van der Waals surface area contributed by atoms with E-state index in [1.807, 2.05) is 0 Å². The molecule has 2 aliphatic rings. The van der Waals surface area contributed by atoms with Gasteiger partial charge in [-0.2, -0.15) is 0 Å². The Morgan fingerprint density at radius 1 is 0.933 bits per heavy atom. The number of fused-ring (bicyclic) bond motifs is 1. The molecule has 0 amide bonds. The van der Waals surface area contributed by atoms with Gasteiger partial charge < -0.3 is 0 Å². The summed E-state index contributed by atoms with van der Waals surface area (Å²) in [7, 11) is 0. The lowest BCUT2D eigenvalue weighted by Crippen LogP contribution is -2.40. The molecule has 0 saturated carbocycles. The number of nitrogens with zero attached hydrogens (tertiary/aromatic N) is 2. The molecule has 2 aliphatic heterocycles. The molecule has 2 heterocycles. The van der Waals surface area contributed by atoms with Crippen LogP contribution in [0.3, 0.4) is 0 Å². The van der Waals surface area contributed by atoms with Gasteiger partial charge in [0.25, 0.3) is 0 Å². The maximum absolute atomic E-state index is 5.34. The van der Waals surface area contributed by atoms with Crippen LogP contribution in [0.1, 0.15) is 6.42 Å². The highest BCUT2D eigenvalue weighted by atomic mass is 15.2. The van der Waals surface area contributed by atoms with E-state index in [4.69, 9.17) is 12.8 Å². The van der Waals surface area contributed by atoms with Crippen LogP contribution in [0.2, 0.25) is 0 Å². The molecule has 2 nitrogen and oxygen atoms in total.